The predicted octanol–water partition coefficient (Wildman–Crippen LogP) is 8.08. The molecule has 5 aromatic rings. The second-order valence-corrected chi connectivity index (χ2v) is 12.3. The molecule has 11 nitrogen and oxygen atoms in total. The Morgan fingerprint density at radius 1 is 0.618 bits per heavy atom. The van der Waals surface area contributed by atoms with Gasteiger partial charge in [-0.3, -0.25) is 0 Å². The minimum Gasteiger partial charge on any atom is -0.493 e. The van der Waals surface area contributed by atoms with Crippen molar-refractivity contribution in [1.82, 2.24) is 0 Å². The maximum atomic E-state index is 14.0. The molecule has 0 saturated carbocycles. The Kier molecular flexibility index (Phi) is 12.0. The number of hydrogen-bond acceptors (Lipinski definition) is 11. The van der Waals surface area contributed by atoms with E-state index < -0.39 is 18.2 Å². The van der Waals surface area contributed by atoms with E-state index in [4.69, 9.17) is 47.4 Å². The molecule has 2 atom stereocenters. The van der Waals surface area contributed by atoms with Gasteiger partial charge in [-0.05, 0) is 59.7 Å². The first-order valence-electron chi connectivity index (χ1n) is 17.1. The van der Waals surface area contributed by atoms with Gasteiger partial charge in [0.2, 0.25) is 11.5 Å². The lowest BCUT2D eigenvalue weighted by atomic mass is 9.93. The van der Waals surface area contributed by atoms with E-state index in [1.807, 2.05) is 0 Å². The lowest BCUT2D eigenvalue weighted by Gasteiger charge is -2.35. The monoisotopic (exact) mass is 758 g/mol. The van der Waals surface area contributed by atoms with E-state index in [1.54, 1.807) is 48.5 Å². The Hall–Kier alpha value is -6.37. The van der Waals surface area contributed by atoms with E-state index in [2.05, 4.69) is 0 Å². The maximum Gasteiger partial charge on any atom is 0.338 e. The fourth-order valence-corrected chi connectivity index (χ4v) is 6.18. The van der Waals surface area contributed by atoms with Crippen LogP contribution in [0.4, 0.5) is 8.78 Å². The van der Waals surface area contributed by atoms with E-state index >= 15 is 0 Å². The average Bonchev–Trinajstić information content (AvgIpc) is 3.21. The van der Waals surface area contributed by atoms with E-state index in [9.17, 15) is 13.6 Å². The molecule has 0 spiro atoms. The highest BCUT2D eigenvalue weighted by Gasteiger charge is 2.38. The lowest BCUT2D eigenvalue weighted by molar-refractivity contribution is -0.0191. The van der Waals surface area contributed by atoms with Crippen LogP contribution in [0.25, 0.3) is 0 Å². The summed E-state index contributed by atoms with van der Waals surface area (Å²) in [5.41, 5.74) is 2.73. The first-order chi connectivity index (χ1) is 26.7. The van der Waals surface area contributed by atoms with Crippen LogP contribution < -0.4 is 42.6 Å². The zero-order valence-corrected chi connectivity index (χ0v) is 31.1. The van der Waals surface area contributed by atoms with Gasteiger partial charge in [0.05, 0.1) is 48.2 Å². The van der Waals surface area contributed by atoms with Crippen molar-refractivity contribution in [3.8, 4) is 51.7 Å². The zero-order chi connectivity index (χ0) is 39.1. The SMILES string of the molecule is COc1cc(C(=O)O[C@@H]2Cc3c(OCc4ccc(F)cc4)cc(OCc4ccc(F)cc4)cc3O[C@@H]2c2cc(OC)c(OC)c(OC)c2)cc(OC)c1OC. The fraction of sp³-hybridized carbons (Fsp3) is 0.262. The van der Waals surface area contributed by atoms with Gasteiger partial charge in [-0.2, -0.15) is 0 Å². The Morgan fingerprint density at radius 2 is 1.11 bits per heavy atom. The molecular weight excluding hydrogens is 718 g/mol. The number of hydrogen-bond donors (Lipinski definition) is 0. The van der Waals surface area contributed by atoms with Crippen LogP contribution in [0.3, 0.4) is 0 Å². The number of fused-ring (bicyclic) bond motifs is 1. The number of esters is 1. The predicted molar refractivity (Wildman–Crippen MR) is 196 cm³/mol. The van der Waals surface area contributed by atoms with Crippen molar-refractivity contribution in [1.29, 1.82) is 0 Å². The van der Waals surface area contributed by atoms with Crippen LogP contribution >= 0.6 is 0 Å². The van der Waals surface area contributed by atoms with Gasteiger partial charge in [-0.15, -0.1) is 0 Å². The van der Waals surface area contributed by atoms with Crippen LogP contribution in [0.1, 0.15) is 38.7 Å². The van der Waals surface area contributed by atoms with E-state index in [-0.39, 0.29) is 48.3 Å². The van der Waals surface area contributed by atoms with Crippen molar-refractivity contribution in [2.45, 2.75) is 31.8 Å². The standard InChI is InChI=1S/C42H40F2O11/c1-46-34-15-26(16-35(47-2)40(34)50-5)39-38(55-42(45)27-17-36(48-3)41(51-6)37(18-27)49-4)21-31-32(53-23-25-9-13-29(44)14-10-25)19-30(20-33(31)54-39)52-22-24-7-11-28(43)12-8-24/h7-20,38-39H,21-23H2,1-6H3/t38-,39-/m1/s1. The van der Waals surface area contributed by atoms with Gasteiger partial charge in [-0.1, -0.05) is 24.3 Å². The number of rotatable bonds is 15. The smallest absolute Gasteiger partial charge is 0.338 e. The highest BCUT2D eigenvalue weighted by Crippen LogP contribution is 2.47. The van der Waals surface area contributed by atoms with Crippen LogP contribution in [-0.4, -0.2) is 54.7 Å². The molecule has 1 heterocycles. The molecule has 0 bridgehead atoms. The normalized spacial score (nSPS) is 14.5. The van der Waals surface area contributed by atoms with Gasteiger partial charge in [0.1, 0.15) is 48.2 Å². The Balaban J connectivity index is 1.43. The minimum absolute atomic E-state index is 0.0837. The molecule has 0 amide bonds. The molecule has 0 aromatic heterocycles. The molecule has 0 saturated heterocycles. The number of benzene rings is 5. The first kappa shape index (κ1) is 38.4. The average molecular weight is 759 g/mol. The third-order valence-corrected chi connectivity index (χ3v) is 8.94. The zero-order valence-electron chi connectivity index (χ0n) is 31.1. The molecule has 13 heteroatoms. The Labute approximate surface area is 317 Å². The molecule has 1 aliphatic heterocycles. The number of ether oxygens (including phenoxy) is 10. The van der Waals surface area contributed by atoms with Gasteiger partial charge < -0.3 is 47.4 Å². The van der Waals surface area contributed by atoms with Gasteiger partial charge in [-0.25, -0.2) is 13.6 Å². The molecule has 0 radical (unpaired) electrons. The molecule has 0 N–H and O–H groups in total. The summed E-state index contributed by atoms with van der Waals surface area (Å²) in [5, 5.41) is 0. The third kappa shape index (κ3) is 8.56. The second kappa shape index (κ2) is 17.2. The Bertz CT molecular complexity index is 2070. The third-order valence-electron chi connectivity index (χ3n) is 8.94. The first-order valence-corrected chi connectivity index (χ1v) is 17.1. The van der Waals surface area contributed by atoms with Crippen LogP contribution in [0.2, 0.25) is 0 Å². The lowest BCUT2D eigenvalue weighted by Crippen LogP contribution is -2.35. The summed E-state index contributed by atoms with van der Waals surface area (Å²) in [7, 11) is 8.85. The summed E-state index contributed by atoms with van der Waals surface area (Å²) >= 11 is 0. The molecule has 0 unspecified atom stereocenters. The van der Waals surface area contributed by atoms with Gasteiger partial charge in [0, 0.05) is 29.7 Å². The summed E-state index contributed by atoms with van der Waals surface area (Å²) < 4.78 is 86.0. The van der Waals surface area contributed by atoms with Crippen molar-refractivity contribution in [3.05, 3.63) is 124 Å². The largest absolute Gasteiger partial charge is 0.493 e. The molecular formula is C42H40F2O11. The molecule has 5 aromatic carbocycles. The number of methoxy groups -OCH3 is 6. The second-order valence-electron chi connectivity index (χ2n) is 12.3. The number of halogens is 2. The highest BCUT2D eigenvalue weighted by molar-refractivity contribution is 5.91. The van der Waals surface area contributed by atoms with Crippen molar-refractivity contribution in [3.63, 3.8) is 0 Å². The highest BCUT2D eigenvalue weighted by atomic mass is 19.1. The van der Waals surface area contributed by atoms with E-state index in [1.165, 1.54) is 79.1 Å². The van der Waals surface area contributed by atoms with Crippen molar-refractivity contribution in [2.24, 2.45) is 0 Å². The molecule has 6 rings (SSSR count). The molecule has 1 aliphatic rings. The van der Waals surface area contributed by atoms with Crippen molar-refractivity contribution >= 4 is 5.97 Å². The molecule has 0 fully saturated rings. The van der Waals surface area contributed by atoms with Crippen LogP contribution in [0.5, 0.6) is 51.7 Å². The molecule has 0 aliphatic carbocycles. The van der Waals surface area contributed by atoms with E-state index in [0.29, 0.717) is 56.9 Å². The number of carbonyl (C=O) groups is 1. The van der Waals surface area contributed by atoms with Gasteiger partial charge in [0.25, 0.3) is 0 Å². The minimum atomic E-state index is -0.943. The summed E-state index contributed by atoms with van der Waals surface area (Å²) in [4.78, 5) is 14.0. The maximum absolute atomic E-state index is 14.0. The molecule has 55 heavy (non-hydrogen) atoms. The van der Waals surface area contributed by atoms with Gasteiger partial charge in [0.15, 0.2) is 29.1 Å². The van der Waals surface area contributed by atoms with Crippen LogP contribution in [0.15, 0.2) is 84.9 Å². The summed E-state index contributed by atoms with van der Waals surface area (Å²) in [6.07, 6.45) is -1.73. The van der Waals surface area contributed by atoms with E-state index in [0.717, 1.165) is 5.56 Å². The quantitative estimate of drug-likeness (QED) is 0.0968. The fourth-order valence-electron chi connectivity index (χ4n) is 6.18. The van der Waals surface area contributed by atoms with Crippen molar-refractivity contribution in [2.75, 3.05) is 42.7 Å². The van der Waals surface area contributed by atoms with Crippen LogP contribution in [0, 0.1) is 11.6 Å². The summed E-state index contributed by atoms with van der Waals surface area (Å²) in [6, 6.07) is 21.8. The van der Waals surface area contributed by atoms with Crippen LogP contribution in [-0.2, 0) is 24.4 Å². The Morgan fingerprint density at radius 3 is 1.60 bits per heavy atom. The summed E-state index contributed by atoms with van der Waals surface area (Å²) in [5.74, 6) is 1.68. The topological polar surface area (TPSA) is 109 Å². The van der Waals surface area contributed by atoms with Gasteiger partial charge >= 0.3 is 5.97 Å². The summed E-state index contributed by atoms with van der Waals surface area (Å²) in [6.45, 7) is 0.210. The van der Waals surface area contributed by atoms with Crippen molar-refractivity contribution < 1.29 is 60.9 Å². The number of carbonyl (C=O) groups excluding carboxylic acids is 1. The molecule has 288 valence electrons.